The van der Waals surface area contributed by atoms with Crippen LogP contribution in [0.15, 0.2) is 24.3 Å². The van der Waals surface area contributed by atoms with Crippen LogP contribution >= 0.6 is 0 Å². The number of amides is 1. The van der Waals surface area contributed by atoms with Gasteiger partial charge in [0.25, 0.3) is 0 Å². The van der Waals surface area contributed by atoms with E-state index in [9.17, 15) is 22.4 Å². The Hall–Kier alpha value is -2.49. The van der Waals surface area contributed by atoms with Crippen molar-refractivity contribution >= 4 is 5.91 Å². The highest BCUT2D eigenvalue weighted by Crippen LogP contribution is 2.42. The highest BCUT2D eigenvalue weighted by molar-refractivity contribution is 5.78. The number of nitrogens with zero attached hydrogens (tertiary/aromatic N) is 4. The first-order chi connectivity index (χ1) is 13.3. The maximum Gasteiger partial charge on any atom is 0.451 e. The lowest BCUT2D eigenvalue weighted by Gasteiger charge is -2.36. The van der Waals surface area contributed by atoms with Crippen LogP contribution in [0, 0.1) is 5.82 Å². The minimum atomic E-state index is -4.58. The van der Waals surface area contributed by atoms with Crippen molar-refractivity contribution in [3.63, 3.8) is 0 Å². The van der Waals surface area contributed by atoms with Gasteiger partial charge in [0.2, 0.25) is 11.7 Å². The van der Waals surface area contributed by atoms with E-state index in [4.69, 9.17) is 5.73 Å². The summed E-state index contributed by atoms with van der Waals surface area (Å²) < 4.78 is 54.2. The highest BCUT2D eigenvalue weighted by Gasteiger charge is 2.48. The smallest absolute Gasteiger partial charge is 0.328 e. The Balaban J connectivity index is 1.49. The molecule has 6 nitrogen and oxygen atoms in total. The molecule has 2 aliphatic heterocycles. The lowest BCUT2D eigenvalue weighted by atomic mass is 10.0. The quantitative estimate of drug-likeness (QED) is 0.804. The molecule has 3 atom stereocenters. The van der Waals surface area contributed by atoms with Crippen molar-refractivity contribution in [1.29, 1.82) is 0 Å². The van der Waals surface area contributed by atoms with Crippen molar-refractivity contribution in [2.24, 2.45) is 5.73 Å². The van der Waals surface area contributed by atoms with Gasteiger partial charge in [0, 0.05) is 19.0 Å². The lowest BCUT2D eigenvalue weighted by Crippen LogP contribution is -2.46. The second-order valence-corrected chi connectivity index (χ2v) is 7.30. The van der Waals surface area contributed by atoms with Crippen LogP contribution in [-0.4, -0.2) is 37.7 Å². The molecular weight excluding hydrogens is 378 g/mol. The molecule has 0 spiro atoms. The molecular formula is C18H19F4N5O. The van der Waals surface area contributed by atoms with E-state index < -0.39 is 24.1 Å². The largest absolute Gasteiger partial charge is 0.451 e. The zero-order valence-corrected chi connectivity index (χ0v) is 14.9. The summed E-state index contributed by atoms with van der Waals surface area (Å²) in [6.07, 6.45) is -3.26. The summed E-state index contributed by atoms with van der Waals surface area (Å²) in [5.41, 5.74) is 6.48. The molecule has 150 valence electrons. The predicted molar refractivity (Wildman–Crippen MR) is 90.3 cm³/mol. The third-order valence-electron chi connectivity index (χ3n) is 5.39. The Morgan fingerprint density at radius 1 is 1.25 bits per heavy atom. The number of rotatable bonds is 4. The van der Waals surface area contributed by atoms with E-state index in [0.717, 1.165) is 4.57 Å². The molecule has 28 heavy (non-hydrogen) atoms. The fourth-order valence-electron chi connectivity index (χ4n) is 4.20. The standard InChI is InChI=1S/C18H19F4N5O/c19-13-4-2-1-3-10(13)7-11(23)8-15(28)27-12-5-6-14(27)16-24-25-17(18(20,21)22)26(16)9-12/h1-4,11-12,14H,5-9,23H2/t11-,12+,14+/m1/s1. The van der Waals surface area contributed by atoms with Gasteiger partial charge in [0.15, 0.2) is 5.82 Å². The number of fused-ring (bicyclic) bond motifs is 4. The van der Waals surface area contributed by atoms with Crippen LogP contribution in [0.5, 0.6) is 0 Å². The van der Waals surface area contributed by atoms with Gasteiger partial charge in [-0.15, -0.1) is 10.2 Å². The summed E-state index contributed by atoms with van der Waals surface area (Å²) in [4.78, 5) is 14.4. The first-order valence-corrected chi connectivity index (χ1v) is 9.06. The van der Waals surface area contributed by atoms with Gasteiger partial charge >= 0.3 is 6.18 Å². The molecule has 0 saturated carbocycles. The van der Waals surface area contributed by atoms with Crippen molar-refractivity contribution < 1.29 is 22.4 Å². The average Bonchev–Trinajstić information content (AvgIpc) is 3.18. The van der Waals surface area contributed by atoms with Crippen LogP contribution in [0.1, 0.15) is 42.5 Å². The first kappa shape index (κ1) is 18.9. The average molecular weight is 397 g/mol. The Labute approximate surface area is 158 Å². The topological polar surface area (TPSA) is 77.0 Å². The van der Waals surface area contributed by atoms with Crippen LogP contribution in [0.2, 0.25) is 0 Å². The van der Waals surface area contributed by atoms with Crippen LogP contribution in [0.4, 0.5) is 17.6 Å². The summed E-state index contributed by atoms with van der Waals surface area (Å²) in [5.74, 6) is -1.49. The molecule has 2 aromatic rings. The zero-order chi connectivity index (χ0) is 20.1. The van der Waals surface area contributed by atoms with Gasteiger partial charge in [-0.25, -0.2) is 4.39 Å². The number of halogens is 4. The third kappa shape index (κ3) is 3.25. The maximum absolute atomic E-state index is 13.8. The number of alkyl halides is 3. The molecule has 0 unspecified atom stereocenters. The van der Waals surface area contributed by atoms with Gasteiger partial charge in [-0.05, 0) is 30.9 Å². The van der Waals surface area contributed by atoms with Crippen molar-refractivity contribution in [2.45, 2.75) is 56.5 Å². The summed E-state index contributed by atoms with van der Waals surface area (Å²) in [6.45, 7) is 0.0158. The minimum absolute atomic E-state index is 0.0123. The Morgan fingerprint density at radius 2 is 2.00 bits per heavy atom. The van der Waals surface area contributed by atoms with E-state index in [1.165, 1.54) is 6.07 Å². The van der Waals surface area contributed by atoms with Crippen LogP contribution in [0.3, 0.4) is 0 Å². The molecule has 1 fully saturated rings. The number of aromatic nitrogens is 3. The van der Waals surface area contributed by atoms with E-state index in [1.807, 2.05) is 0 Å². The summed E-state index contributed by atoms with van der Waals surface area (Å²) in [6, 6.07) is 4.76. The number of hydrogen-bond acceptors (Lipinski definition) is 4. The van der Waals surface area contributed by atoms with Crippen molar-refractivity contribution in [1.82, 2.24) is 19.7 Å². The van der Waals surface area contributed by atoms with E-state index in [0.29, 0.717) is 18.4 Å². The molecule has 0 radical (unpaired) electrons. The number of hydrogen-bond donors (Lipinski definition) is 1. The molecule has 10 heteroatoms. The maximum atomic E-state index is 13.8. The Bertz CT molecular complexity index is 896. The Kier molecular flexibility index (Phi) is 4.60. The number of carbonyl (C=O) groups is 1. The van der Waals surface area contributed by atoms with E-state index in [1.54, 1.807) is 23.1 Å². The number of benzene rings is 1. The van der Waals surface area contributed by atoms with Gasteiger partial charge in [0.05, 0.1) is 12.1 Å². The van der Waals surface area contributed by atoms with Crippen LogP contribution in [-0.2, 0) is 23.9 Å². The summed E-state index contributed by atoms with van der Waals surface area (Å²) in [7, 11) is 0. The fourth-order valence-corrected chi connectivity index (χ4v) is 4.20. The third-order valence-corrected chi connectivity index (χ3v) is 5.39. The molecule has 1 amide bonds. The molecule has 2 N–H and O–H groups in total. The van der Waals surface area contributed by atoms with Gasteiger partial charge < -0.3 is 15.2 Å². The van der Waals surface area contributed by atoms with Crippen molar-refractivity contribution in [3.05, 3.63) is 47.3 Å². The second-order valence-electron chi connectivity index (χ2n) is 7.30. The fraction of sp³-hybridized carbons (Fsp3) is 0.500. The summed E-state index contributed by atoms with van der Waals surface area (Å²) in [5, 5.41) is 7.00. The van der Waals surface area contributed by atoms with E-state index in [-0.39, 0.29) is 43.0 Å². The first-order valence-electron chi connectivity index (χ1n) is 9.06. The molecule has 1 saturated heterocycles. The molecule has 2 aliphatic rings. The molecule has 4 rings (SSSR count). The van der Waals surface area contributed by atoms with Gasteiger partial charge in [0.1, 0.15) is 5.82 Å². The highest BCUT2D eigenvalue weighted by atomic mass is 19.4. The second kappa shape index (κ2) is 6.84. The van der Waals surface area contributed by atoms with Crippen molar-refractivity contribution in [3.8, 4) is 0 Å². The molecule has 1 aromatic carbocycles. The van der Waals surface area contributed by atoms with E-state index >= 15 is 0 Å². The molecule has 3 heterocycles. The normalized spacial score (nSPS) is 22.2. The minimum Gasteiger partial charge on any atom is -0.328 e. The van der Waals surface area contributed by atoms with Gasteiger partial charge in [-0.2, -0.15) is 13.2 Å². The number of nitrogens with two attached hydrogens (primary N) is 1. The van der Waals surface area contributed by atoms with Crippen molar-refractivity contribution in [2.75, 3.05) is 0 Å². The SMILES string of the molecule is N[C@@H](CC(=O)N1[C@H]2CC[C@H]1c1nnc(C(F)(F)F)n1C2)Cc1ccccc1F. The van der Waals surface area contributed by atoms with Gasteiger partial charge in [-0.1, -0.05) is 18.2 Å². The van der Waals surface area contributed by atoms with E-state index in [2.05, 4.69) is 10.2 Å². The number of carbonyl (C=O) groups excluding carboxylic acids is 1. The summed E-state index contributed by atoms with van der Waals surface area (Å²) >= 11 is 0. The molecule has 1 aromatic heterocycles. The van der Waals surface area contributed by atoms with Crippen LogP contribution < -0.4 is 5.73 Å². The zero-order valence-electron chi connectivity index (χ0n) is 14.9. The predicted octanol–water partition coefficient (Wildman–Crippen LogP) is 2.44. The van der Waals surface area contributed by atoms with Crippen LogP contribution in [0.25, 0.3) is 0 Å². The lowest BCUT2D eigenvalue weighted by molar-refractivity contribution is -0.148. The van der Waals surface area contributed by atoms with Gasteiger partial charge in [-0.3, -0.25) is 4.79 Å². The monoisotopic (exact) mass is 397 g/mol. The molecule has 2 bridgehead atoms. The molecule has 0 aliphatic carbocycles. The Morgan fingerprint density at radius 3 is 2.71 bits per heavy atom.